The Morgan fingerprint density at radius 3 is 2.18 bits per heavy atom. The molecular weight excluding hydrogens is 422 g/mol. The van der Waals surface area contributed by atoms with Gasteiger partial charge in [-0.3, -0.25) is 14.9 Å². The molecule has 0 N–H and O–H groups in total. The lowest BCUT2D eigenvalue weighted by atomic mass is 10.00. The largest absolute Gasteiger partial charge is 0.497 e. The maximum Gasteiger partial charge on any atom is 0.281 e. The van der Waals surface area contributed by atoms with E-state index in [4.69, 9.17) is 9.47 Å². The molecule has 1 aliphatic heterocycles. The van der Waals surface area contributed by atoms with Crippen molar-refractivity contribution in [2.45, 2.75) is 6.92 Å². The highest BCUT2D eigenvalue weighted by atomic mass is 16.6. The van der Waals surface area contributed by atoms with E-state index in [1.807, 2.05) is 43.3 Å². The molecule has 8 heteroatoms. The molecule has 0 atom stereocenters. The van der Waals surface area contributed by atoms with Crippen LogP contribution >= 0.6 is 0 Å². The summed E-state index contributed by atoms with van der Waals surface area (Å²) in [5, 5.41) is 16.8. The zero-order valence-electron chi connectivity index (χ0n) is 18.1. The summed E-state index contributed by atoms with van der Waals surface area (Å²) in [6.07, 6.45) is 1.77. The second kappa shape index (κ2) is 9.35. The first-order chi connectivity index (χ1) is 16.0. The highest BCUT2D eigenvalue weighted by molar-refractivity contribution is 6.37. The first kappa shape index (κ1) is 21.8. The number of nitro benzene ring substituents is 1. The number of carbonyl (C=O) groups excluding carboxylic acids is 1. The summed E-state index contributed by atoms with van der Waals surface area (Å²) >= 11 is 0. The summed E-state index contributed by atoms with van der Waals surface area (Å²) in [6, 6.07) is 20.4. The van der Waals surface area contributed by atoms with E-state index in [0.717, 1.165) is 16.9 Å². The molecule has 0 saturated heterocycles. The monoisotopic (exact) mass is 443 g/mol. The smallest absolute Gasteiger partial charge is 0.281 e. The third-order valence-electron chi connectivity index (χ3n) is 5.05. The lowest BCUT2D eigenvalue weighted by molar-refractivity contribution is -0.384. The molecule has 0 spiro atoms. The fourth-order valence-corrected chi connectivity index (χ4v) is 3.39. The molecule has 0 fully saturated rings. The molecule has 0 saturated carbocycles. The number of nitro groups is 1. The normalized spacial score (nSPS) is 14.4. The van der Waals surface area contributed by atoms with Crippen molar-refractivity contribution in [3.05, 3.63) is 99.6 Å². The van der Waals surface area contributed by atoms with Gasteiger partial charge in [0.1, 0.15) is 17.2 Å². The fourth-order valence-electron chi connectivity index (χ4n) is 3.39. The van der Waals surface area contributed by atoms with Crippen LogP contribution in [0, 0.1) is 10.1 Å². The second-order valence-electron chi connectivity index (χ2n) is 7.13. The van der Waals surface area contributed by atoms with Gasteiger partial charge in [-0.25, -0.2) is 0 Å². The van der Waals surface area contributed by atoms with E-state index in [1.165, 1.54) is 29.3 Å². The maximum absolute atomic E-state index is 13.4. The minimum atomic E-state index is -0.487. The molecule has 4 rings (SSSR count). The number of hydrogen-bond acceptors (Lipinski definition) is 6. The number of ether oxygens (including phenoxy) is 2. The van der Waals surface area contributed by atoms with Gasteiger partial charge in [-0.15, -0.1) is 0 Å². The number of amides is 1. The average Bonchev–Trinajstić information content (AvgIpc) is 3.16. The van der Waals surface area contributed by atoms with Crippen molar-refractivity contribution >= 4 is 29.1 Å². The van der Waals surface area contributed by atoms with Crippen LogP contribution in [0.4, 0.5) is 11.4 Å². The first-order valence-electron chi connectivity index (χ1n) is 10.3. The molecule has 3 aromatic rings. The number of hydrogen-bond donors (Lipinski definition) is 0. The van der Waals surface area contributed by atoms with Gasteiger partial charge in [0.2, 0.25) is 0 Å². The van der Waals surface area contributed by atoms with Gasteiger partial charge in [-0.2, -0.15) is 10.1 Å². The van der Waals surface area contributed by atoms with Gasteiger partial charge >= 0.3 is 0 Å². The van der Waals surface area contributed by atoms with Gasteiger partial charge in [0, 0.05) is 17.7 Å². The lowest BCUT2D eigenvalue weighted by Gasteiger charge is -2.11. The zero-order valence-corrected chi connectivity index (χ0v) is 18.1. The topological polar surface area (TPSA) is 94.3 Å². The molecule has 0 unspecified atom stereocenters. The quantitative estimate of drug-likeness (QED) is 0.296. The van der Waals surface area contributed by atoms with Crippen LogP contribution in [-0.4, -0.2) is 30.3 Å². The van der Waals surface area contributed by atoms with Crippen LogP contribution in [0.3, 0.4) is 0 Å². The Hall–Kier alpha value is -4.46. The van der Waals surface area contributed by atoms with Crippen molar-refractivity contribution in [1.29, 1.82) is 0 Å². The van der Waals surface area contributed by atoms with Crippen LogP contribution < -0.4 is 14.5 Å². The Morgan fingerprint density at radius 2 is 1.61 bits per heavy atom. The van der Waals surface area contributed by atoms with Crippen molar-refractivity contribution < 1.29 is 19.2 Å². The third kappa shape index (κ3) is 4.59. The molecule has 1 amide bonds. The van der Waals surface area contributed by atoms with Crippen LogP contribution in [-0.2, 0) is 4.79 Å². The van der Waals surface area contributed by atoms with Gasteiger partial charge in [0.15, 0.2) is 0 Å². The predicted molar refractivity (Wildman–Crippen MR) is 126 cm³/mol. The van der Waals surface area contributed by atoms with Crippen LogP contribution in [0.2, 0.25) is 0 Å². The minimum absolute atomic E-state index is 0.0603. The van der Waals surface area contributed by atoms with Crippen molar-refractivity contribution in [3.63, 3.8) is 0 Å². The van der Waals surface area contributed by atoms with Gasteiger partial charge in [-0.05, 0) is 67.1 Å². The summed E-state index contributed by atoms with van der Waals surface area (Å²) in [7, 11) is 1.58. The van der Waals surface area contributed by atoms with E-state index in [1.54, 1.807) is 25.3 Å². The predicted octanol–water partition coefficient (Wildman–Crippen LogP) is 4.84. The standard InChI is InChI=1S/C25H21N3O5/c1-3-33-22-12-4-17(5-13-22)16-23-24(18-6-14-21(32-2)15-7-18)26-27(25(23)29)19-8-10-20(11-9-19)28(30)31/h4-16H,3H2,1-2H3/b23-16+. The number of rotatable bonds is 7. The third-order valence-corrected chi connectivity index (χ3v) is 5.05. The van der Waals surface area contributed by atoms with Crippen molar-refractivity contribution in [1.82, 2.24) is 0 Å². The van der Waals surface area contributed by atoms with E-state index in [-0.39, 0.29) is 11.6 Å². The van der Waals surface area contributed by atoms with Gasteiger partial charge in [0.05, 0.1) is 29.9 Å². The molecule has 0 aliphatic carbocycles. The van der Waals surface area contributed by atoms with Crippen molar-refractivity contribution in [2.24, 2.45) is 5.10 Å². The van der Waals surface area contributed by atoms with E-state index in [2.05, 4.69) is 5.10 Å². The molecule has 0 bridgehead atoms. The van der Waals surface area contributed by atoms with Crippen LogP contribution in [0.5, 0.6) is 11.5 Å². The summed E-state index contributed by atoms with van der Waals surface area (Å²) in [6.45, 7) is 2.48. The molecule has 166 valence electrons. The van der Waals surface area contributed by atoms with Crippen molar-refractivity contribution in [3.8, 4) is 11.5 Å². The molecular formula is C25H21N3O5. The Morgan fingerprint density at radius 1 is 0.970 bits per heavy atom. The number of nitrogens with zero attached hydrogens (tertiary/aromatic N) is 3. The Kier molecular flexibility index (Phi) is 6.17. The average molecular weight is 443 g/mol. The number of benzene rings is 3. The lowest BCUT2D eigenvalue weighted by Crippen LogP contribution is -2.21. The van der Waals surface area contributed by atoms with Crippen LogP contribution in [0.25, 0.3) is 6.08 Å². The Balaban J connectivity index is 1.75. The first-order valence-corrected chi connectivity index (χ1v) is 10.3. The van der Waals surface area contributed by atoms with E-state index in [0.29, 0.717) is 29.3 Å². The number of anilines is 1. The zero-order chi connectivity index (χ0) is 23.4. The Bertz CT molecular complexity index is 1230. The van der Waals surface area contributed by atoms with E-state index >= 15 is 0 Å². The van der Waals surface area contributed by atoms with E-state index in [9.17, 15) is 14.9 Å². The molecule has 33 heavy (non-hydrogen) atoms. The molecule has 0 aromatic heterocycles. The SMILES string of the molecule is CCOc1ccc(/C=C2/C(=O)N(c3ccc([N+](=O)[O-])cc3)N=C2c2ccc(OC)cc2)cc1. The van der Waals surface area contributed by atoms with Crippen LogP contribution in [0.1, 0.15) is 18.1 Å². The molecule has 3 aromatic carbocycles. The number of hydrazone groups is 1. The second-order valence-corrected chi connectivity index (χ2v) is 7.13. The van der Waals surface area contributed by atoms with Crippen molar-refractivity contribution in [2.75, 3.05) is 18.7 Å². The molecule has 8 nitrogen and oxygen atoms in total. The van der Waals surface area contributed by atoms with Gasteiger partial charge < -0.3 is 9.47 Å². The van der Waals surface area contributed by atoms with Gasteiger partial charge in [0.25, 0.3) is 11.6 Å². The highest BCUT2D eigenvalue weighted by Crippen LogP contribution is 2.30. The molecule has 1 heterocycles. The number of non-ortho nitro benzene ring substituents is 1. The summed E-state index contributed by atoms with van der Waals surface area (Å²) in [4.78, 5) is 23.9. The fraction of sp³-hybridized carbons (Fsp3) is 0.120. The summed E-state index contributed by atoms with van der Waals surface area (Å²) < 4.78 is 10.7. The van der Waals surface area contributed by atoms with Gasteiger partial charge in [-0.1, -0.05) is 12.1 Å². The summed E-state index contributed by atoms with van der Waals surface area (Å²) in [5.41, 5.74) is 2.83. The minimum Gasteiger partial charge on any atom is -0.497 e. The number of carbonyl (C=O) groups is 1. The molecule has 0 radical (unpaired) electrons. The molecule has 1 aliphatic rings. The van der Waals surface area contributed by atoms with E-state index < -0.39 is 4.92 Å². The highest BCUT2D eigenvalue weighted by Gasteiger charge is 2.32. The summed E-state index contributed by atoms with van der Waals surface area (Å²) in [5.74, 6) is 1.10. The number of methoxy groups -OCH3 is 1. The Labute approximate surface area is 190 Å². The maximum atomic E-state index is 13.4. The van der Waals surface area contributed by atoms with Crippen LogP contribution in [0.15, 0.2) is 83.5 Å².